The number of hydrogen-bond donors (Lipinski definition) is 0. The van der Waals surface area contributed by atoms with E-state index >= 15 is 0 Å². The third-order valence-electron chi connectivity index (χ3n) is 5.22. The smallest absolute Gasteiger partial charge is 0.484 e. The number of ether oxygens (including phenoxy) is 2. The van der Waals surface area contributed by atoms with Crippen LogP contribution in [-0.4, -0.2) is 31.4 Å². The second-order valence-corrected chi connectivity index (χ2v) is 9.19. The number of carbonyl (C=O) groups excluding carboxylic acids is 1. The molecule has 0 radical (unpaired) electrons. The van der Waals surface area contributed by atoms with Crippen molar-refractivity contribution in [2.45, 2.75) is 51.9 Å². The molecule has 1 fully saturated rings. The maximum atomic E-state index is 12.3. The van der Waals surface area contributed by atoms with Gasteiger partial charge in [0.15, 0.2) is 4.88 Å². The number of rotatable bonds is 5. The van der Waals surface area contributed by atoms with E-state index in [-0.39, 0.29) is 6.10 Å². The number of hydrogen-bond acceptors (Lipinski definition) is 6. The van der Waals surface area contributed by atoms with Crippen LogP contribution in [0.5, 0.6) is 5.75 Å². The Kier molecular flexibility index (Phi) is 5.83. The molecule has 8 heteroatoms. The Morgan fingerprint density at radius 1 is 1.18 bits per heavy atom. The summed E-state index contributed by atoms with van der Waals surface area (Å²) in [5.41, 5.74) is -0.110. The second-order valence-electron chi connectivity index (χ2n) is 7.70. The average molecular weight is 423 g/mol. The van der Waals surface area contributed by atoms with Gasteiger partial charge in [-0.1, -0.05) is 29.8 Å². The Morgan fingerprint density at radius 3 is 2.36 bits per heavy atom. The highest BCUT2D eigenvalue weighted by atomic mass is 35.5. The van der Waals surface area contributed by atoms with Crippen molar-refractivity contribution in [1.82, 2.24) is 0 Å². The van der Waals surface area contributed by atoms with Gasteiger partial charge < -0.3 is 18.8 Å². The summed E-state index contributed by atoms with van der Waals surface area (Å²) in [7, 11) is 0.768. The topological polar surface area (TPSA) is 54.0 Å². The molecule has 0 aliphatic carbocycles. The number of halogens is 1. The summed E-state index contributed by atoms with van der Waals surface area (Å²) >= 11 is 7.53. The molecule has 1 aromatic carbocycles. The van der Waals surface area contributed by atoms with E-state index in [0.717, 1.165) is 10.3 Å². The number of thiophene rings is 1. The molecular weight excluding hydrogens is 399 g/mol. The van der Waals surface area contributed by atoms with Gasteiger partial charge >= 0.3 is 13.1 Å². The molecule has 5 nitrogen and oxygen atoms in total. The van der Waals surface area contributed by atoms with E-state index in [1.165, 1.54) is 18.4 Å². The lowest BCUT2D eigenvalue weighted by atomic mass is 9.88. The van der Waals surface area contributed by atoms with Gasteiger partial charge in [0.05, 0.1) is 18.3 Å². The van der Waals surface area contributed by atoms with Crippen LogP contribution < -0.4 is 9.51 Å². The maximum Gasteiger partial charge on any atom is 0.505 e. The van der Waals surface area contributed by atoms with Crippen LogP contribution in [0, 0.1) is 0 Å². The Balaban J connectivity index is 1.91. The minimum Gasteiger partial charge on any atom is -0.484 e. The van der Waals surface area contributed by atoms with E-state index in [2.05, 4.69) is 0 Å². The minimum absolute atomic E-state index is 0.349. The van der Waals surface area contributed by atoms with Crippen LogP contribution in [0.3, 0.4) is 0 Å². The average Bonchev–Trinajstić information content (AvgIpc) is 3.12. The summed E-state index contributed by atoms with van der Waals surface area (Å²) in [5, 5.41) is 0.607. The van der Waals surface area contributed by atoms with Gasteiger partial charge in [0.25, 0.3) is 0 Å². The molecule has 1 aliphatic rings. The Hall–Kier alpha value is -1.54. The van der Waals surface area contributed by atoms with Crippen LogP contribution in [-0.2, 0) is 14.0 Å². The highest BCUT2D eigenvalue weighted by molar-refractivity contribution is 7.24. The molecule has 0 N–H and O–H groups in total. The monoisotopic (exact) mass is 422 g/mol. The maximum absolute atomic E-state index is 12.3. The van der Waals surface area contributed by atoms with E-state index in [0.29, 0.717) is 15.6 Å². The van der Waals surface area contributed by atoms with Crippen LogP contribution in [0.1, 0.15) is 56.0 Å². The molecule has 0 saturated carbocycles. The van der Waals surface area contributed by atoms with Crippen molar-refractivity contribution >= 4 is 40.8 Å². The van der Waals surface area contributed by atoms with Crippen LogP contribution in [0.2, 0.25) is 5.02 Å². The fourth-order valence-electron chi connectivity index (χ4n) is 2.85. The van der Waals surface area contributed by atoms with Gasteiger partial charge in [-0.05, 0) is 46.8 Å². The fourth-order valence-corrected chi connectivity index (χ4v) is 4.11. The molecule has 1 aromatic heterocycles. The second kappa shape index (κ2) is 7.71. The van der Waals surface area contributed by atoms with E-state index in [4.69, 9.17) is 30.4 Å². The van der Waals surface area contributed by atoms with Gasteiger partial charge in [0, 0.05) is 15.4 Å². The molecule has 2 aromatic rings. The number of carbonyl (C=O) groups is 1. The first kappa shape index (κ1) is 21.2. The largest absolute Gasteiger partial charge is 0.505 e. The zero-order valence-electron chi connectivity index (χ0n) is 16.9. The third kappa shape index (κ3) is 3.94. The van der Waals surface area contributed by atoms with Gasteiger partial charge in [-0.25, -0.2) is 4.79 Å². The predicted molar refractivity (Wildman–Crippen MR) is 112 cm³/mol. The summed E-state index contributed by atoms with van der Waals surface area (Å²) < 4.78 is 24.0. The molecule has 1 atom stereocenters. The van der Waals surface area contributed by atoms with E-state index in [9.17, 15) is 4.79 Å². The van der Waals surface area contributed by atoms with Crippen molar-refractivity contribution in [3.63, 3.8) is 0 Å². The first-order valence-corrected chi connectivity index (χ1v) is 10.2. The lowest BCUT2D eigenvalue weighted by molar-refractivity contribution is 0.00578. The lowest BCUT2D eigenvalue weighted by Crippen LogP contribution is -2.41. The molecular formula is C20H24BClO5S. The van der Waals surface area contributed by atoms with Crippen molar-refractivity contribution in [1.29, 1.82) is 0 Å². The van der Waals surface area contributed by atoms with Crippen LogP contribution >= 0.6 is 22.9 Å². The fraction of sp³-hybridized carbons (Fsp3) is 0.450. The first-order valence-electron chi connectivity index (χ1n) is 9.04. The molecule has 0 bridgehead atoms. The summed E-state index contributed by atoms with van der Waals surface area (Å²) in [6, 6.07) is 9.24. The number of esters is 1. The van der Waals surface area contributed by atoms with Crippen LogP contribution in [0.15, 0.2) is 30.3 Å². The Morgan fingerprint density at radius 2 is 1.79 bits per heavy atom. The van der Waals surface area contributed by atoms with Crippen molar-refractivity contribution in [2.75, 3.05) is 7.11 Å². The summed E-state index contributed by atoms with van der Waals surface area (Å²) in [4.78, 5) is 12.7. The van der Waals surface area contributed by atoms with Gasteiger partial charge in [0.2, 0.25) is 0 Å². The molecule has 0 amide bonds. The van der Waals surface area contributed by atoms with Crippen LogP contribution in [0.4, 0.5) is 0 Å². The standard InChI is InChI=1S/C20H24BClO5S/c1-12(13-9-7-8-10-14(13)22)25-15-11-16(28-17(15)18(23)24-6)21-26-19(2,3)20(4,5)27-21/h7-12H,1-6H3/t12-/m0/s1. The lowest BCUT2D eigenvalue weighted by Gasteiger charge is -2.32. The molecule has 150 valence electrons. The Bertz CT molecular complexity index is 863. The van der Waals surface area contributed by atoms with E-state index < -0.39 is 24.3 Å². The number of methoxy groups -OCH3 is 1. The first-order chi connectivity index (χ1) is 13.1. The molecule has 3 rings (SSSR count). The summed E-state index contributed by atoms with van der Waals surface area (Å²) in [5.74, 6) is -0.0388. The molecule has 2 heterocycles. The van der Waals surface area contributed by atoms with Crippen LogP contribution in [0.25, 0.3) is 0 Å². The van der Waals surface area contributed by atoms with Crippen molar-refractivity contribution in [2.24, 2.45) is 0 Å². The van der Waals surface area contributed by atoms with Crippen molar-refractivity contribution in [3.05, 3.63) is 45.8 Å². The molecule has 1 saturated heterocycles. The van der Waals surface area contributed by atoms with Gasteiger partial charge in [-0.15, -0.1) is 11.3 Å². The van der Waals surface area contributed by atoms with Gasteiger partial charge in [0.1, 0.15) is 11.9 Å². The number of benzene rings is 1. The molecule has 28 heavy (non-hydrogen) atoms. The highest BCUT2D eigenvalue weighted by Gasteiger charge is 2.52. The Labute approximate surface area is 175 Å². The quantitative estimate of drug-likeness (QED) is 0.519. The van der Waals surface area contributed by atoms with Gasteiger partial charge in [-0.3, -0.25) is 0 Å². The minimum atomic E-state index is -0.577. The van der Waals surface area contributed by atoms with Crippen molar-refractivity contribution < 1.29 is 23.6 Å². The summed E-state index contributed by atoms with van der Waals surface area (Å²) in [6.07, 6.45) is -0.349. The normalized spacial score (nSPS) is 18.8. The zero-order valence-corrected chi connectivity index (χ0v) is 18.4. The molecule has 1 aliphatic heterocycles. The van der Waals surface area contributed by atoms with E-state index in [1.807, 2.05) is 52.8 Å². The van der Waals surface area contributed by atoms with Crippen molar-refractivity contribution in [3.8, 4) is 5.75 Å². The predicted octanol–water partition coefficient (Wildman–Crippen LogP) is 4.63. The van der Waals surface area contributed by atoms with Gasteiger partial charge in [-0.2, -0.15) is 0 Å². The SMILES string of the molecule is COC(=O)c1sc(B2OC(C)(C)C(C)(C)O2)cc1O[C@@H](C)c1ccccc1Cl. The molecule has 0 unspecified atom stereocenters. The zero-order chi connectivity index (χ0) is 20.7. The molecule has 0 spiro atoms. The third-order valence-corrected chi connectivity index (χ3v) is 6.68. The highest BCUT2D eigenvalue weighted by Crippen LogP contribution is 2.38. The summed E-state index contributed by atoms with van der Waals surface area (Å²) in [6.45, 7) is 9.82. The van der Waals surface area contributed by atoms with E-state index in [1.54, 1.807) is 12.1 Å².